The van der Waals surface area contributed by atoms with Gasteiger partial charge in [-0.1, -0.05) is 29.8 Å². The smallest absolute Gasteiger partial charge is 0.311 e. The zero-order valence-corrected chi connectivity index (χ0v) is 24.6. The number of anilines is 2. The van der Waals surface area contributed by atoms with Gasteiger partial charge in [0.15, 0.2) is 11.6 Å². The fourth-order valence-electron chi connectivity index (χ4n) is 5.20. The number of hydrogen-bond donors (Lipinski definition) is 0. The lowest BCUT2D eigenvalue weighted by Gasteiger charge is -2.43. The van der Waals surface area contributed by atoms with Crippen LogP contribution in [-0.4, -0.2) is 37.5 Å². The van der Waals surface area contributed by atoms with Gasteiger partial charge in [-0.25, -0.2) is 4.39 Å². The van der Waals surface area contributed by atoms with Gasteiger partial charge in [0.05, 0.1) is 25.2 Å². The molecular weight excluding hydrogens is 547 g/mol. The molecule has 2 unspecified atom stereocenters. The first kappa shape index (κ1) is 30.1. The van der Waals surface area contributed by atoms with E-state index in [0.29, 0.717) is 29.2 Å². The van der Waals surface area contributed by atoms with Gasteiger partial charge in [0.2, 0.25) is 5.91 Å². The second-order valence-electron chi connectivity index (χ2n) is 10.8. The molecule has 9 heteroatoms. The summed E-state index contributed by atoms with van der Waals surface area (Å²) in [5, 5.41) is 0.570. The molecule has 4 rings (SSSR count). The Kier molecular flexibility index (Phi) is 9.02. The van der Waals surface area contributed by atoms with Crippen LogP contribution in [0.15, 0.2) is 66.7 Å². The maximum atomic E-state index is 15.0. The Labute approximate surface area is 244 Å². The number of methoxy groups -OCH3 is 1. The second kappa shape index (κ2) is 12.3. The Morgan fingerprint density at radius 3 is 2.39 bits per heavy atom. The van der Waals surface area contributed by atoms with Crippen LogP contribution in [0, 0.1) is 11.2 Å². The number of carbonyl (C=O) groups is 3. The van der Waals surface area contributed by atoms with E-state index < -0.39 is 11.2 Å². The van der Waals surface area contributed by atoms with Crippen molar-refractivity contribution in [3.63, 3.8) is 0 Å². The largest absolute Gasteiger partial charge is 0.490 e. The number of amides is 2. The van der Waals surface area contributed by atoms with Gasteiger partial charge in [-0.15, -0.1) is 0 Å². The lowest BCUT2D eigenvalue weighted by atomic mass is 9.89. The minimum atomic E-state index is -0.775. The van der Waals surface area contributed by atoms with Gasteiger partial charge in [-0.3, -0.25) is 14.4 Å². The standard InChI is InChI=1S/C32H34ClFN2O5/c1-20-18-28(36(21(2)37)24-13-11-23(33)12-14-24)25-8-6-7-9-27(25)35(20)30(38)22-10-15-29(26(34)19-22)41-17-16-32(3,4)31(39)40-5/h6-15,19-20,28H,16-18H2,1-5H3. The van der Waals surface area contributed by atoms with Crippen molar-refractivity contribution in [2.24, 2.45) is 5.41 Å². The summed E-state index contributed by atoms with van der Waals surface area (Å²) in [6.07, 6.45) is 0.807. The zero-order chi connectivity index (χ0) is 29.9. The van der Waals surface area contributed by atoms with Crippen molar-refractivity contribution in [2.75, 3.05) is 23.5 Å². The van der Waals surface area contributed by atoms with E-state index in [0.717, 1.165) is 5.56 Å². The van der Waals surface area contributed by atoms with Crippen LogP contribution >= 0.6 is 11.6 Å². The van der Waals surface area contributed by atoms with Gasteiger partial charge in [0.25, 0.3) is 5.91 Å². The molecule has 0 aromatic heterocycles. The molecule has 0 N–H and O–H groups in total. The van der Waals surface area contributed by atoms with Gasteiger partial charge in [-0.05, 0) is 87.7 Å². The summed E-state index contributed by atoms with van der Waals surface area (Å²) in [4.78, 5) is 41.9. The molecule has 2 atom stereocenters. The first-order valence-corrected chi connectivity index (χ1v) is 13.8. The summed E-state index contributed by atoms with van der Waals surface area (Å²) < 4.78 is 25.4. The Bertz CT molecular complexity index is 1440. The number of ether oxygens (including phenoxy) is 2. The van der Waals surface area contributed by atoms with E-state index in [1.54, 1.807) is 47.9 Å². The van der Waals surface area contributed by atoms with E-state index in [1.807, 2.05) is 31.2 Å². The van der Waals surface area contributed by atoms with Crippen molar-refractivity contribution in [2.45, 2.75) is 52.6 Å². The predicted molar refractivity (Wildman–Crippen MR) is 157 cm³/mol. The third-order valence-electron chi connectivity index (χ3n) is 7.44. The average molecular weight is 581 g/mol. The summed E-state index contributed by atoms with van der Waals surface area (Å²) >= 11 is 6.08. The van der Waals surface area contributed by atoms with Crippen molar-refractivity contribution in [3.8, 4) is 5.75 Å². The molecule has 0 radical (unpaired) electrons. The number of hydrogen-bond acceptors (Lipinski definition) is 5. The van der Waals surface area contributed by atoms with Gasteiger partial charge >= 0.3 is 5.97 Å². The molecule has 0 aliphatic carbocycles. The highest BCUT2D eigenvalue weighted by Crippen LogP contribution is 2.43. The quantitative estimate of drug-likeness (QED) is 0.269. The Morgan fingerprint density at radius 1 is 1.07 bits per heavy atom. The van der Waals surface area contributed by atoms with Crippen molar-refractivity contribution >= 4 is 40.8 Å². The average Bonchev–Trinajstić information content (AvgIpc) is 2.94. The van der Waals surface area contributed by atoms with Crippen molar-refractivity contribution < 1.29 is 28.2 Å². The van der Waals surface area contributed by atoms with E-state index in [1.165, 1.54) is 32.2 Å². The zero-order valence-electron chi connectivity index (χ0n) is 23.8. The van der Waals surface area contributed by atoms with E-state index in [-0.39, 0.29) is 47.8 Å². The maximum Gasteiger partial charge on any atom is 0.311 e. The van der Waals surface area contributed by atoms with Crippen LogP contribution in [-0.2, 0) is 14.3 Å². The van der Waals surface area contributed by atoms with Gasteiger partial charge < -0.3 is 19.3 Å². The number of halogens is 2. The summed E-state index contributed by atoms with van der Waals surface area (Å²) in [6, 6.07) is 18.1. The molecule has 0 saturated heterocycles. The number of nitrogens with zero attached hydrogens (tertiary/aromatic N) is 2. The normalized spacial score (nSPS) is 16.5. The van der Waals surface area contributed by atoms with Crippen molar-refractivity contribution in [3.05, 3.63) is 88.7 Å². The molecule has 3 aromatic carbocycles. The highest BCUT2D eigenvalue weighted by Gasteiger charge is 2.38. The molecule has 2 amide bonds. The van der Waals surface area contributed by atoms with E-state index in [4.69, 9.17) is 21.1 Å². The maximum absolute atomic E-state index is 15.0. The molecule has 1 aliphatic heterocycles. The minimum absolute atomic E-state index is 0.00515. The lowest BCUT2D eigenvalue weighted by Crippen LogP contribution is -2.47. The number of para-hydroxylation sites is 1. The lowest BCUT2D eigenvalue weighted by molar-refractivity contribution is -0.151. The number of rotatable bonds is 8. The fourth-order valence-corrected chi connectivity index (χ4v) is 5.33. The Balaban J connectivity index is 1.58. The number of carbonyl (C=O) groups excluding carboxylic acids is 3. The van der Waals surface area contributed by atoms with Crippen molar-refractivity contribution in [1.82, 2.24) is 0 Å². The molecule has 0 fully saturated rings. The topological polar surface area (TPSA) is 76.2 Å². The number of benzene rings is 3. The fraction of sp³-hybridized carbons (Fsp3) is 0.344. The Morgan fingerprint density at radius 2 is 1.76 bits per heavy atom. The third-order valence-corrected chi connectivity index (χ3v) is 7.69. The van der Waals surface area contributed by atoms with Crippen molar-refractivity contribution in [1.29, 1.82) is 0 Å². The van der Waals surface area contributed by atoms with Crippen LogP contribution < -0.4 is 14.5 Å². The third kappa shape index (κ3) is 6.38. The molecule has 0 spiro atoms. The van der Waals surface area contributed by atoms with Gasteiger partial charge in [0, 0.05) is 34.9 Å². The predicted octanol–water partition coefficient (Wildman–Crippen LogP) is 6.98. The monoisotopic (exact) mass is 580 g/mol. The molecule has 0 saturated carbocycles. The van der Waals surface area contributed by atoms with Crippen LogP contribution in [0.3, 0.4) is 0 Å². The molecule has 1 aliphatic rings. The van der Waals surface area contributed by atoms with Crippen LogP contribution in [0.5, 0.6) is 5.75 Å². The number of esters is 1. The second-order valence-corrected chi connectivity index (χ2v) is 11.3. The summed E-state index contributed by atoms with van der Waals surface area (Å²) in [5.41, 5.74) is 1.58. The molecular formula is C32H34ClFN2O5. The molecule has 7 nitrogen and oxygen atoms in total. The number of fused-ring (bicyclic) bond motifs is 1. The molecule has 41 heavy (non-hydrogen) atoms. The molecule has 3 aromatic rings. The summed E-state index contributed by atoms with van der Waals surface area (Å²) in [7, 11) is 1.32. The highest BCUT2D eigenvalue weighted by atomic mass is 35.5. The summed E-state index contributed by atoms with van der Waals surface area (Å²) in [6.45, 7) is 6.99. The minimum Gasteiger partial charge on any atom is -0.490 e. The van der Waals surface area contributed by atoms with Crippen LogP contribution in [0.1, 0.15) is 62.5 Å². The molecule has 216 valence electrons. The van der Waals surface area contributed by atoms with Gasteiger partial charge in [-0.2, -0.15) is 0 Å². The summed E-state index contributed by atoms with van der Waals surface area (Å²) in [5.74, 6) is -1.55. The van der Waals surface area contributed by atoms with Gasteiger partial charge in [0.1, 0.15) is 0 Å². The first-order chi connectivity index (χ1) is 19.4. The molecule has 1 heterocycles. The Hall–Kier alpha value is -3.91. The van der Waals surface area contributed by atoms with E-state index >= 15 is 4.39 Å². The first-order valence-electron chi connectivity index (χ1n) is 13.4. The van der Waals surface area contributed by atoms with E-state index in [2.05, 4.69) is 0 Å². The highest BCUT2D eigenvalue weighted by molar-refractivity contribution is 6.30. The molecule has 0 bridgehead atoms. The van der Waals surface area contributed by atoms with Crippen LogP contribution in [0.4, 0.5) is 15.8 Å². The van der Waals surface area contributed by atoms with Crippen LogP contribution in [0.2, 0.25) is 5.02 Å². The SMILES string of the molecule is COC(=O)C(C)(C)CCOc1ccc(C(=O)N2c3ccccc3C(N(C(C)=O)c3ccc(Cl)cc3)CC2C)cc1F. The van der Waals surface area contributed by atoms with Crippen LogP contribution in [0.25, 0.3) is 0 Å². The van der Waals surface area contributed by atoms with E-state index in [9.17, 15) is 14.4 Å².